The van der Waals surface area contributed by atoms with E-state index in [2.05, 4.69) is 26.6 Å². The molecule has 2 heterocycles. The SMILES string of the molecule is Nc1ccc(Br)cc1C(=O)NC(C(=O)N1CCC(C2CCNCC2)CC1)c1ccccc1. The molecular formula is C25H31BrN4O2. The van der Waals surface area contributed by atoms with Gasteiger partial charge in [0.1, 0.15) is 6.04 Å². The van der Waals surface area contributed by atoms with Gasteiger partial charge in [0.2, 0.25) is 5.91 Å². The summed E-state index contributed by atoms with van der Waals surface area (Å²) < 4.78 is 0.763. The van der Waals surface area contributed by atoms with E-state index in [0.717, 1.165) is 55.0 Å². The Bertz CT molecular complexity index is 938. The maximum Gasteiger partial charge on any atom is 0.254 e. The van der Waals surface area contributed by atoms with Crippen molar-refractivity contribution in [1.29, 1.82) is 0 Å². The molecule has 0 aliphatic carbocycles. The lowest BCUT2D eigenvalue weighted by Crippen LogP contribution is -2.47. The van der Waals surface area contributed by atoms with Crippen LogP contribution in [0.4, 0.5) is 5.69 Å². The molecule has 2 aromatic carbocycles. The first kappa shape index (κ1) is 22.8. The molecular weight excluding hydrogens is 468 g/mol. The van der Waals surface area contributed by atoms with E-state index in [-0.39, 0.29) is 11.8 Å². The van der Waals surface area contributed by atoms with Crippen molar-refractivity contribution in [1.82, 2.24) is 15.5 Å². The average Bonchev–Trinajstić information content (AvgIpc) is 2.84. The number of anilines is 1. The summed E-state index contributed by atoms with van der Waals surface area (Å²) in [4.78, 5) is 28.5. The Morgan fingerprint density at radius 1 is 1.00 bits per heavy atom. The van der Waals surface area contributed by atoms with E-state index in [0.29, 0.717) is 17.2 Å². The first-order valence-electron chi connectivity index (χ1n) is 11.4. The van der Waals surface area contributed by atoms with Crippen LogP contribution in [-0.4, -0.2) is 42.9 Å². The molecule has 0 bridgehead atoms. The van der Waals surface area contributed by atoms with Crippen LogP contribution >= 0.6 is 15.9 Å². The molecule has 7 heteroatoms. The van der Waals surface area contributed by atoms with Crippen LogP contribution in [-0.2, 0) is 4.79 Å². The van der Waals surface area contributed by atoms with Crippen molar-refractivity contribution >= 4 is 33.4 Å². The minimum Gasteiger partial charge on any atom is -0.398 e. The Kier molecular flexibility index (Phi) is 7.48. The van der Waals surface area contributed by atoms with E-state index in [9.17, 15) is 9.59 Å². The summed E-state index contributed by atoms with van der Waals surface area (Å²) in [5, 5.41) is 6.39. The molecule has 170 valence electrons. The Labute approximate surface area is 198 Å². The van der Waals surface area contributed by atoms with Crippen LogP contribution in [0.15, 0.2) is 53.0 Å². The molecule has 2 aliphatic rings. The number of hydrogen-bond donors (Lipinski definition) is 3. The van der Waals surface area contributed by atoms with Gasteiger partial charge in [-0.15, -0.1) is 0 Å². The second kappa shape index (κ2) is 10.5. The third kappa shape index (κ3) is 5.33. The molecule has 4 rings (SSSR count). The van der Waals surface area contributed by atoms with Gasteiger partial charge in [0.25, 0.3) is 5.91 Å². The van der Waals surface area contributed by atoms with Crippen LogP contribution in [0.25, 0.3) is 0 Å². The van der Waals surface area contributed by atoms with Crippen molar-refractivity contribution in [3.8, 4) is 0 Å². The zero-order valence-electron chi connectivity index (χ0n) is 18.2. The number of nitrogen functional groups attached to an aromatic ring is 1. The van der Waals surface area contributed by atoms with Crippen LogP contribution in [0.3, 0.4) is 0 Å². The van der Waals surface area contributed by atoms with Gasteiger partial charge in [-0.1, -0.05) is 46.3 Å². The minimum atomic E-state index is -0.738. The van der Waals surface area contributed by atoms with Crippen LogP contribution in [0.2, 0.25) is 0 Å². The van der Waals surface area contributed by atoms with E-state index < -0.39 is 6.04 Å². The quantitative estimate of drug-likeness (QED) is 0.547. The minimum absolute atomic E-state index is 0.0538. The molecule has 2 aromatic rings. The van der Waals surface area contributed by atoms with Crippen LogP contribution in [0.5, 0.6) is 0 Å². The monoisotopic (exact) mass is 498 g/mol. The van der Waals surface area contributed by atoms with Crippen molar-refractivity contribution in [2.45, 2.75) is 31.7 Å². The third-order valence-corrected chi connectivity index (χ3v) is 7.31. The largest absolute Gasteiger partial charge is 0.398 e. The first-order chi connectivity index (χ1) is 15.5. The van der Waals surface area contributed by atoms with Gasteiger partial charge in [-0.2, -0.15) is 0 Å². The molecule has 0 spiro atoms. The highest BCUT2D eigenvalue weighted by Gasteiger charge is 2.33. The molecule has 1 atom stereocenters. The summed E-state index contributed by atoms with van der Waals surface area (Å²) in [6.07, 6.45) is 4.53. The summed E-state index contributed by atoms with van der Waals surface area (Å²) in [5.41, 5.74) is 7.55. The molecule has 2 fully saturated rings. The van der Waals surface area contributed by atoms with E-state index in [1.54, 1.807) is 18.2 Å². The lowest BCUT2D eigenvalue weighted by Gasteiger charge is -2.39. The topological polar surface area (TPSA) is 87.5 Å². The fourth-order valence-corrected chi connectivity index (χ4v) is 5.32. The van der Waals surface area contributed by atoms with Gasteiger partial charge in [-0.05, 0) is 74.4 Å². The van der Waals surface area contributed by atoms with Gasteiger partial charge >= 0.3 is 0 Å². The van der Waals surface area contributed by atoms with Gasteiger partial charge in [-0.3, -0.25) is 9.59 Å². The number of carbonyl (C=O) groups is 2. The summed E-state index contributed by atoms with van der Waals surface area (Å²) in [6, 6.07) is 13.9. The van der Waals surface area contributed by atoms with Crippen LogP contribution in [0.1, 0.15) is 47.6 Å². The Balaban J connectivity index is 1.48. The van der Waals surface area contributed by atoms with Gasteiger partial charge in [0.05, 0.1) is 5.56 Å². The Hall–Kier alpha value is -2.38. The number of nitrogens with zero attached hydrogens (tertiary/aromatic N) is 1. The number of piperidine rings is 2. The molecule has 6 nitrogen and oxygen atoms in total. The summed E-state index contributed by atoms with van der Waals surface area (Å²) in [6.45, 7) is 3.69. The van der Waals surface area contributed by atoms with E-state index >= 15 is 0 Å². The van der Waals surface area contributed by atoms with Crippen molar-refractivity contribution in [3.63, 3.8) is 0 Å². The fourth-order valence-electron chi connectivity index (χ4n) is 4.96. The molecule has 1 unspecified atom stereocenters. The lowest BCUT2D eigenvalue weighted by atomic mass is 9.79. The number of rotatable bonds is 5. The number of benzene rings is 2. The van der Waals surface area contributed by atoms with Crippen molar-refractivity contribution in [2.75, 3.05) is 31.9 Å². The maximum absolute atomic E-state index is 13.6. The highest BCUT2D eigenvalue weighted by Crippen LogP contribution is 2.32. The highest BCUT2D eigenvalue weighted by atomic mass is 79.9. The molecule has 4 N–H and O–H groups in total. The number of amides is 2. The average molecular weight is 499 g/mol. The molecule has 32 heavy (non-hydrogen) atoms. The highest BCUT2D eigenvalue weighted by molar-refractivity contribution is 9.10. The number of halogens is 1. The smallest absolute Gasteiger partial charge is 0.254 e. The van der Waals surface area contributed by atoms with Crippen molar-refractivity contribution in [3.05, 3.63) is 64.1 Å². The van der Waals surface area contributed by atoms with Crippen LogP contribution in [0, 0.1) is 11.8 Å². The van der Waals surface area contributed by atoms with Crippen molar-refractivity contribution in [2.24, 2.45) is 11.8 Å². The van der Waals surface area contributed by atoms with Gasteiger partial charge in [0, 0.05) is 23.2 Å². The second-order valence-corrected chi connectivity index (χ2v) is 9.71. The van der Waals surface area contributed by atoms with Gasteiger partial charge in [-0.25, -0.2) is 0 Å². The predicted octanol–water partition coefficient (Wildman–Crippen LogP) is 3.74. The number of carbonyl (C=O) groups excluding carboxylic acids is 2. The van der Waals surface area contributed by atoms with Crippen LogP contribution < -0.4 is 16.4 Å². The zero-order chi connectivity index (χ0) is 22.5. The number of hydrogen-bond acceptors (Lipinski definition) is 4. The van der Waals surface area contributed by atoms with Crippen molar-refractivity contribution < 1.29 is 9.59 Å². The van der Waals surface area contributed by atoms with Gasteiger partial charge in [0.15, 0.2) is 0 Å². The Morgan fingerprint density at radius 2 is 1.66 bits per heavy atom. The number of nitrogens with two attached hydrogens (primary N) is 1. The molecule has 0 radical (unpaired) electrons. The van der Waals surface area contributed by atoms with Gasteiger partial charge < -0.3 is 21.3 Å². The lowest BCUT2D eigenvalue weighted by molar-refractivity contribution is -0.135. The number of likely N-dealkylation sites (tertiary alicyclic amines) is 1. The third-order valence-electron chi connectivity index (χ3n) is 6.82. The molecule has 2 amide bonds. The summed E-state index contributed by atoms with van der Waals surface area (Å²) in [7, 11) is 0. The van der Waals surface area contributed by atoms with E-state index in [4.69, 9.17) is 5.73 Å². The number of nitrogens with one attached hydrogen (secondary N) is 2. The molecule has 2 saturated heterocycles. The summed E-state index contributed by atoms with van der Waals surface area (Å²) in [5.74, 6) is 1.04. The molecule has 0 aromatic heterocycles. The summed E-state index contributed by atoms with van der Waals surface area (Å²) >= 11 is 3.39. The molecule has 2 aliphatic heterocycles. The molecule has 0 saturated carbocycles. The first-order valence-corrected chi connectivity index (χ1v) is 12.2. The Morgan fingerprint density at radius 3 is 2.34 bits per heavy atom. The fraction of sp³-hybridized carbons (Fsp3) is 0.440. The zero-order valence-corrected chi connectivity index (χ0v) is 19.8. The van der Waals surface area contributed by atoms with E-state index in [1.807, 2.05) is 35.2 Å². The van der Waals surface area contributed by atoms with E-state index in [1.165, 1.54) is 12.8 Å². The predicted molar refractivity (Wildman–Crippen MR) is 130 cm³/mol. The second-order valence-electron chi connectivity index (χ2n) is 8.80. The normalized spacial score (nSPS) is 18.8. The standard InChI is InChI=1S/C25H31BrN4O2/c26-20-6-7-22(27)21(16-20)24(31)29-23(19-4-2-1-3-5-19)25(32)30-14-10-18(11-15-30)17-8-12-28-13-9-17/h1-7,16-18,23,28H,8-15,27H2,(H,29,31). The maximum atomic E-state index is 13.6.